The minimum atomic E-state index is -4.54. The van der Waals surface area contributed by atoms with Crippen LogP contribution in [-0.4, -0.2) is 13.0 Å². The van der Waals surface area contributed by atoms with Gasteiger partial charge in [-0.1, -0.05) is 134 Å². The summed E-state index contributed by atoms with van der Waals surface area (Å²) in [5.41, 5.74) is 1.87. The molecule has 0 aliphatic heterocycles. The van der Waals surface area contributed by atoms with Gasteiger partial charge in [0.05, 0.1) is 4.90 Å². The van der Waals surface area contributed by atoms with Gasteiger partial charge in [0.25, 0.3) is 0 Å². The van der Waals surface area contributed by atoms with Crippen molar-refractivity contribution in [3.63, 3.8) is 0 Å². The normalized spacial score (nSPS) is 11.6. The SMILES string of the molecule is CCCCCCCCCCc1cc2ccccc2c(S(=O)(=O)[O-])c1CCCCCCCCCC.[K+]. The number of fused-ring (bicyclic) bond motifs is 1. The Morgan fingerprint density at radius 2 is 1.11 bits per heavy atom. The van der Waals surface area contributed by atoms with Crippen LogP contribution in [0.3, 0.4) is 0 Å². The van der Waals surface area contributed by atoms with Gasteiger partial charge in [-0.3, -0.25) is 0 Å². The summed E-state index contributed by atoms with van der Waals surface area (Å²) in [6.45, 7) is 4.47. The Morgan fingerprint density at radius 1 is 0.657 bits per heavy atom. The van der Waals surface area contributed by atoms with Gasteiger partial charge in [-0.15, -0.1) is 0 Å². The van der Waals surface area contributed by atoms with Crippen molar-refractivity contribution in [2.24, 2.45) is 0 Å². The van der Waals surface area contributed by atoms with E-state index in [1.54, 1.807) is 6.07 Å². The first-order valence-corrected chi connectivity index (χ1v) is 15.4. The Labute approximate surface area is 258 Å². The quantitative estimate of drug-likeness (QED) is 0.126. The summed E-state index contributed by atoms with van der Waals surface area (Å²) in [4.78, 5) is 0.0445. The van der Waals surface area contributed by atoms with Crippen LogP contribution in [0.5, 0.6) is 0 Å². The zero-order valence-electron chi connectivity index (χ0n) is 22.7. The van der Waals surface area contributed by atoms with Crippen molar-refractivity contribution in [1.82, 2.24) is 0 Å². The van der Waals surface area contributed by atoms with Crippen LogP contribution in [0.25, 0.3) is 10.8 Å². The largest absolute Gasteiger partial charge is 1.00 e. The molecule has 0 amide bonds. The molecule has 35 heavy (non-hydrogen) atoms. The zero-order valence-corrected chi connectivity index (χ0v) is 26.7. The summed E-state index contributed by atoms with van der Waals surface area (Å²) in [5.74, 6) is 0. The molecule has 0 atom stereocenters. The van der Waals surface area contributed by atoms with E-state index in [2.05, 4.69) is 19.9 Å². The van der Waals surface area contributed by atoms with E-state index in [1.807, 2.05) is 18.2 Å². The van der Waals surface area contributed by atoms with E-state index >= 15 is 0 Å². The molecule has 0 aromatic heterocycles. The summed E-state index contributed by atoms with van der Waals surface area (Å²) < 4.78 is 37.2. The molecule has 0 spiro atoms. The van der Waals surface area contributed by atoms with Crippen molar-refractivity contribution < 1.29 is 64.4 Å². The molecule has 0 saturated heterocycles. The van der Waals surface area contributed by atoms with E-state index in [-0.39, 0.29) is 56.3 Å². The third kappa shape index (κ3) is 12.6. The Hall–Kier alpha value is 0.246. The van der Waals surface area contributed by atoms with E-state index in [9.17, 15) is 13.0 Å². The van der Waals surface area contributed by atoms with Gasteiger partial charge in [0, 0.05) is 0 Å². The van der Waals surface area contributed by atoms with Gasteiger partial charge < -0.3 is 4.55 Å². The second-order valence-electron chi connectivity index (χ2n) is 9.97. The molecule has 2 aromatic carbocycles. The molecule has 5 heteroatoms. The molecular weight excluding hydrogens is 479 g/mol. The van der Waals surface area contributed by atoms with Crippen molar-refractivity contribution in [3.8, 4) is 0 Å². The second-order valence-corrected chi connectivity index (χ2v) is 11.3. The average Bonchev–Trinajstić information content (AvgIpc) is 2.81. The van der Waals surface area contributed by atoms with Crippen LogP contribution < -0.4 is 51.4 Å². The first kappa shape index (κ1) is 33.3. The monoisotopic (exact) mass is 526 g/mol. The van der Waals surface area contributed by atoms with Gasteiger partial charge in [0.1, 0.15) is 10.1 Å². The molecule has 2 aromatic rings. The predicted octanol–water partition coefficient (Wildman–Crippen LogP) is 6.11. The van der Waals surface area contributed by atoms with Crippen molar-refractivity contribution in [2.75, 3.05) is 0 Å². The van der Waals surface area contributed by atoms with Crippen LogP contribution in [-0.2, 0) is 23.0 Å². The molecule has 0 N–H and O–H groups in total. The van der Waals surface area contributed by atoms with E-state index in [0.29, 0.717) is 11.8 Å². The fraction of sp³-hybridized carbons (Fsp3) is 0.667. The Bertz CT molecular complexity index is 940. The van der Waals surface area contributed by atoms with Crippen LogP contribution in [0.2, 0.25) is 0 Å². The fourth-order valence-corrected chi connectivity index (χ4v) is 6.07. The summed E-state index contributed by atoms with van der Waals surface area (Å²) >= 11 is 0. The number of rotatable bonds is 19. The number of benzene rings is 2. The van der Waals surface area contributed by atoms with E-state index in [1.165, 1.54) is 77.0 Å². The summed E-state index contributed by atoms with van der Waals surface area (Å²) in [6.07, 6.45) is 21.1. The molecule has 0 heterocycles. The topological polar surface area (TPSA) is 57.2 Å². The maximum absolute atomic E-state index is 12.4. The number of unbranched alkanes of at least 4 members (excludes halogenated alkanes) is 14. The van der Waals surface area contributed by atoms with Crippen molar-refractivity contribution in [2.45, 2.75) is 134 Å². The molecule has 192 valence electrons. The molecule has 0 radical (unpaired) electrons. The first-order valence-electron chi connectivity index (χ1n) is 14.0. The fourth-order valence-electron chi connectivity index (χ4n) is 5.08. The maximum Gasteiger partial charge on any atom is 1.00 e. The molecule has 3 nitrogen and oxygen atoms in total. The smallest absolute Gasteiger partial charge is 0.744 e. The molecule has 0 aliphatic rings. The number of aryl methyl sites for hydroxylation is 1. The van der Waals surface area contributed by atoms with Crippen LogP contribution in [0.1, 0.15) is 128 Å². The van der Waals surface area contributed by atoms with Crippen LogP contribution in [0.15, 0.2) is 35.2 Å². The van der Waals surface area contributed by atoms with Crippen LogP contribution in [0.4, 0.5) is 0 Å². The summed E-state index contributed by atoms with van der Waals surface area (Å²) in [7, 11) is -4.54. The molecule has 0 fully saturated rings. The predicted molar refractivity (Wildman–Crippen MR) is 145 cm³/mol. The van der Waals surface area contributed by atoms with Gasteiger partial charge in [0.2, 0.25) is 0 Å². The van der Waals surface area contributed by atoms with Crippen molar-refractivity contribution >= 4 is 20.9 Å². The average molecular weight is 527 g/mol. The van der Waals surface area contributed by atoms with E-state index in [0.717, 1.165) is 48.6 Å². The number of hydrogen-bond donors (Lipinski definition) is 0. The van der Waals surface area contributed by atoms with Gasteiger partial charge in [-0.2, -0.15) is 0 Å². The maximum atomic E-state index is 12.4. The van der Waals surface area contributed by atoms with Gasteiger partial charge in [-0.05, 0) is 47.6 Å². The Morgan fingerprint density at radius 3 is 1.63 bits per heavy atom. The van der Waals surface area contributed by atoms with Crippen LogP contribution in [0, 0.1) is 0 Å². The van der Waals surface area contributed by atoms with E-state index in [4.69, 9.17) is 0 Å². The van der Waals surface area contributed by atoms with Gasteiger partial charge in [0.15, 0.2) is 0 Å². The zero-order chi connectivity index (χ0) is 24.7. The van der Waals surface area contributed by atoms with Crippen molar-refractivity contribution in [3.05, 3.63) is 41.5 Å². The first-order chi connectivity index (χ1) is 16.5. The number of hydrogen-bond acceptors (Lipinski definition) is 3. The Kier molecular flexibility index (Phi) is 18.4. The molecule has 0 saturated carbocycles. The van der Waals surface area contributed by atoms with Crippen LogP contribution >= 0.6 is 0 Å². The second kappa shape index (κ2) is 19.3. The molecule has 2 rings (SSSR count). The van der Waals surface area contributed by atoms with Gasteiger partial charge >= 0.3 is 51.4 Å². The molecular formula is C30H47KO3S. The van der Waals surface area contributed by atoms with E-state index < -0.39 is 10.1 Å². The summed E-state index contributed by atoms with van der Waals surface area (Å²) in [5, 5.41) is 1.46. The third-order valence-electron chi connectivity index (χ3n) is 7.03. The van der Waals surface area contributed by atoms with Gasteiger partial charge in [-0.25, -0.2) is 8.42 Å². The molecule has 0 unspecified atom stereocenters. The standard InChI is InChI=1S/C30H48O3S.K/c1-3-5-7-9-11-13-15-17-21-26-25-27-22-19-20-24-29(27)30(34(31,32)33)28(26)23-18-16-14-12-10-8-6-4-2;/h19-20,22,24-25H,3-18,21,23H2,1-2H3,(H,31,32,33);/q;+1/p-1. The third-order valence-corrected chi connectivity index (χ3v) is 7.99. The Balaban J connectivity index is 0.00000612. The molecule has 0 aliphatic carbocycles. The minimum Gasteiger partial charge on any atom is -0.744 e. The summed E-state index contributed by atoms with van der Waals surface area (Å²) in [6, 6.07) is 9.61. The minimum absolute atomic E-state index is 0. The van der Waals surface area contributed by atoms with Crippen molar-refractivity contribution in [1.29, 1.82) is 0 Å². The molecule has 0 bridgehead atoms.